The van der Waals surface area contributed by atoms with Crippen LogP contribution in [-0.2, 0) is 17.9 Å². The summed E-state index contributed by atoms with van der Waals surface area (Å²) in [6.45, 7) is 1.08. The molecule has 0 saturated carbocycles. The molecule has 0 unspecified atom stereocenters. The van der Waals surface area contributed by atoms with Crippen LogP contribution in [-0.4, -0.2) is 40.2 Å². The van der Waals surface area contributed by atoms with Crippen molar-refractivity contribution in [1.29, 1.82) is 0 Å². The molecule has 2 atom stereocenters. The molecule has 118 valence electrons. The van der Waals surface area contributed by atoms with Crippen LogP contribution in [0.4, 0.5) is 4.39 Å². The van der Waals surface area contributed by atoms with Gasteiger partial charge in [0.15, 0.2) is 5.75 Å². The molecule has 2 aromatic rings. The van der Waals surface area contributed by atoms with Gasteiger partial charge in [-0.05, 0) is 17.7 Å². The minimum Gasteiger partial charge on any atom is -0.483 e. The molecule has 1 aromatic heterocycles. The molecule has 0 bridgehead atoms. The molecule has 0 spiro atoms. The topological polar surface area (TPSA) is 82.5 Å². The van der Waals surface area contributed by atoms with Gasteiger partial charge in [0, 0.05) is 5.56 Å². The zero-order valence-corrected chi connectivity index (χ0v) is 12.0. The van der Waals surface area contributed by atoms with Gasteiger partial charge >= 0.3 is 0 Å². The smallest absolute Gasteiger partial charge is 0.157 e. The van der Waals surface area contributed by atoms with E-state index in [1.54, 1.807) is 29.2 Å². The highest BCUT2D eigenvalue weighted by Crippen LogP contribution is 2.17. The Morgan fingerprint density at radius 2 is 2.32 bits per heavy atom. The maximum absolute atomic E-state index is 13.8. The number of aliphatic hydroxyl groups is 1. The predicted molar refractivity (Wildman–Crippen MR) is 76.9 cm³/mol. The quantitative estimate of drug-likeness (QED) is 0.848. The molecule has 1 aromatic carbocycles. The van der Waals surface area contributed by atoms with Crippen molar-refractivity contribution in [1.82, 2.24) is 9.78 Å². The highest BCUT2D eigenvalue weighted by Gasteiger charge is 2.26. The summed E-state index contributed by atoms with van der Waals surface area (Å²) in [5, 5.41) is 13.3. The third-order valence-electron chi connectivity index (χ3n) is 3.59. The first-order valence-electron chi connectivity index (χ1n) is 7.06. The number of aromatic nitrogens is 2. The number of nitrogens with zero attached hydrogens (tertiary/aromatic N) is 2. The normalized spacial score (nSPS) is 21.2. The van der Waals surface area contributed by atoms with Crippen LogP contribution in [0.25, 0.3) is 0 Å². The van der Waals surface area contributed by atoms with Crippen LogP contribution in [0.1, 0.15) is 11.1 Å². The number of hydrogen-bond donors (Lipinski definition) is 2. The average Bonchev–Trinajstić information content (AvgIpc) is 3.12. The summed E-state index contributed by atoms with van der Waals surface area (Å²) in [5.41, 5.74) is 6.98. The van der Waals surface area contributed by atoms with Gasteiger partial charge in [-0.2, -0.15) is 5.10 Å². The zero-order valence-electron chi connectivity index (χ0n) is 12.0. The first kappa shape index (κ1) is 15.0. The fourth-order valence-electron chi connectivity index (χ4n) is 2.36. The minimum absolute atomic E-state index is 0.125. The Labute approximate surface area is 127 Å². The Morgan fingerprint density at radius 3 is 3.05 bits per heavy atom. The first-order chi connectivity index (χ1) is 10.7. The molecule has 0 radical (unpaired) electrons. The summed E-state index contributed by atoms with van der Waals surface area (Å²) in [7, 11) is 0. The first-order valence-corrected chi connectivity index (χ1v) is 7.06. The Morgan fingerprint density at radius 1 is 1.45 bits per heavy atom. The summed E-state index contributed by atoms with van der Waals surface area (Å²) < 4.78 is 26.3. The predicted octanol–water partition coefficient (Wildman–Crippen LogP) is 0.668. The van der Waals surface area contributed by atoms with E-state index in [0.717, 1.165) is 0 Å². The van der Waals surface area contributed by atoms with Crippen LogP contribution in [0.5, 0.6) is 5.75 Å². The van der Waals surface area contributed by atoms with Crippen LogP contribution in [0.3, 0.4) is 0 Å². The fraction of sp³-hybridized carbons (Fsp3) is 0.400. The third kappa shape index (κ3) is 3.27. The number of rotatable bonds is 5. The Bertz CT molecular complexity index is 647. The molecular formula is C15H18FN3O3. The molecule has 6 nitrogen and oxygen atoms in total. The second-order valence-electron chi connectivity index (χ2n) is 5.32. The summed E-state index contributed by atoms with van der Waals surface area (Å²) in [5.74, 6) is 0.242. The molecule has 0 aliphatic carbocycles. The van der Waals surface area contributed by atoms with Crippen molar-refractivity contribution in [2.45, 2.75) is 25.3 Å². The SMILES string of the molecule is N[C@H]1COC[C@H]1Oc1cnn(Cc2cc(CO)ccc2F)c1. The van der Waals surface area contributed by atoms with Gasteiger partial charge < -0.3 is 20.3 Å². The van der Waals surface area contributed by atoms with E-state index in [2.05, 4.69) is 5.10 Å². The minimum atomic E-state index is -0.332. The lowest BCUT2D eigenvalue weighted by molar-refractivity contribution is 0.140. The number of ether oxygens (including phenoxy) is 2. The Balaban J connectivity index is 1.69. The van der Waals surface area contributed by atoms with Crippen LogP contribution in [0.15, 0.2) is 30.6 Å². The van der Waals surface area contributed by atoms with Crippen LogP contribution >= 0.6 is 0 Å². The molecule has 3 rings (SSSR count). The second-order valence-corrected chi connectivity index (χ2v) is 5.32. The summed E-state index contributed by atoms with van der Waals surface area (Å²) in [6.07, 6.45) is 3.07. The highest BCUT2D eigenvalue weighted by molar-refractivity contribution is 5.25. The lowest BCUT2D eigenvalue weighted by Gasteiger charge is -2.13. The van der Waals surface area contributed by atoms with Crippen molar-refractivity contribution in [3.05, 3.63) is 47.5 Å². The Hall–Kier alpha value is -1.96. The lowest BCUT2D eigenvalue weighted by atomic mass is 10.1. The van der Waals surface area contributed by atoms with Gasteiger partial charge in [0.05, 0.1) is 44.8 Å². The molecule has 22 heavy (non-hydrogen) atoms. The summed E-state index contributed by atoms with van der Waals surface area (Å²) >= 11 is 0. The van der Waals surface area contributed by atoms with Crippen LogP contribution < -0.4 is 10.5 Å². The van der Waals surface area contributed by atoms with Crippen molar-refractivity contribution in [2.24, 2.45) is 5.73 Å². The molecule has 3 N–H and O–H groups in total. The largest absolute Gasteiger partial charge is 0.483 e. The number of nitrogens with two attached hydrogens (primary N) is 1. The molecule has 1 aliphatic heterocycles. The van der Waals surface area contributed by atoms with Gasteiger partial charge in [-0.3, -0.25) is 4.68 Å². The van der Waals surface area contributed by atoms with Crippen molar-refractivity contribution in [3.8, 4) is 5.75 Å². The average molecular weight is 307 g/mol. The van der Waals surface area contributed by atoms with Crippen molar-refractivity contribution >= 4 is 0 Å². The monoisotopic (exact) mass is 307 g/mol. The third-order valence-corrected chi connectivity index (χ3v) is 3.59. The fourth-order valence-corrected chi connectivity index (χ4v) is 2.36. The van der Waals surface area contributed by atoms with E-state index >= 15 is 0 Å². The molecule has 2 heterocycles. The molecule has 0 amide bonds. The van der Waals surface area contributed by atoms with Crippen LogP contribution in [0.2, 0.25) is 0 Å². The number of aliphatic hydroxyl groups excluding tert-OH is 1. The molecule has 1 saturated heterocycles. The van der Waals surface area contributed by atoms with E-state index in [0.29, 0.717) is 30.1 Å². The molecule has 7 heteroatoms. The summed E-state index contributed by atoms with van der Waals surface area (Å²) in [4.78, 5) is 0. The van der Waals surface area contributed by atoms with E-state index in [1.807, 2.05) is 0 Å². The second kappa shape index (κ2) is 6.43. The molecular weight excluding hydrogens is 289 g/mol. The van der Waals surface area contributed by atoms with Gasteiger partial charge in [-0.1, -0.05) is 6.07 Å². The van der Waals surface area contributed by atoms with E-state index in [-0.39, 0.29) is 31.1 Å². The van der Waals surface area contributed by atoms with Gasteiger partial charge in [-0.15, -0.1) is 0 Å². The number of hydrogen-bond acceptors (Lipinski definition) is 5. The highest BCUT2D eigenvalue weighted by atomic mass is 19.1. The van der Waals surface area contributed by atoms with Crippen LogP contribution in [0, 0.1) is 5.82 Å². The van der Waals surface area contributed by atoms with Crippen molar-refractivity contribution in [2.75, 3.05) is 13.2 Å². The van der Waals surface area contributed by atoms with Gasteiger partial charge in [0.25, 0.3) is 0 Å². The maximum atomic E-state index is 13.8. The van der Waals surface area contributed by atoms with Gasteiger partial charge in [0.1, 0.15) is 11.9 Å². The van der Waals surface area contributed by atoms with Gasteiger partial charge in [0.2, 0.25) is 0 Å². The standard InChI is InChI=1S/C15H18FN3O3/c16-13-2-1-10(7-20)3-11(13)5-19-6-12(4-18-19)22-15-9-21-8-14(15)17/h1-4,6,14-15,20H,5,7-9,17H2/t14-,15+/m0/s1. The number of benzene rings is 1. The zero-order chi connectivity index (χ0) is 15.5. The summed E-state index contributed by atoms with van der Waals surface area (Å²) in [6, 6.07) is 4.37. The van der Waals surface area contributed by atoms with E-state index in [1.165, 1.54) is 6.07 Å². The maximum Gasteiger partial charge on any atom is 0.157 e. The van der Waals surface area contributed by atoms with Crippen molar-refractivity contribution in [3.63, 3.8) is 0 Å². The van der Waals surface area contributed by atoms with E-state index in [4.69, 9.17) is 20.3 Å². The lowest BCUT2D eigenvalue weighted by Crippen LogP contribution is -2.37. The van der Waals surface area contributed by atoms with Crippen molar-refractivity contribution < 1.29 is 19.0 Å². The number of halogens is 1. The van der Waals surface area contributed by atoms with Gasteiger partial charge in [-0.25, -0.2) is 4.39 Å². The Kier molecular flexibility index (Phi) is 4.37. The molecule has 1 aliphatic rings. The van der Waals surface area contributed by atoms with E-state index < -0.39 is 0 Å². The van der Waals surface area contributed by atoms with E-state index in [9.17, 15) is 4.39 Å². The molecule has 1 fully saturated rings.